The van der Waals surface area contributed by atoms with E-state index in [1.165, 1.54) is 11.3 Å². The number of carbonyl (C=O) groups excluding carboxylic acids is 1. The molecule has 6 heteroatoms. The summed E-state index contributed by atoms with van der Waals surface area (Å²) in [6, 6.07) is 0.147. The molecule has 0 aliphatic carbocycles. The molecular weight excluding hydrogens is 274 g/mol. The fourth-order valence-corrected chi connectivity index (χ4v) is 3.28. The Labute approximate surface area is 123 Å². The molecular formula is C14H21N3O2S. The van der Waals surface area contributed by atoms with Crippen LogP contribution in [-0.4, -0.2) is 46.1 Å². The highest BCUT2D eigenvalue weighted by Gasteiger charge is 2.31. The molecule has 1 aliphatic heterocycles. The molecule has 1 amide bonds. The summed E-state index contributed by atoms with van der Waals surface area (Å²) in [4.78, 5) is 19.2. The molecule has 1 aromatic heterocycles. The fourth-order valence-electron chi connectivity index (χ4n) is 2.50. The Morgan fingerprint density at radius 2 is 2.60 bits per heavy atom. The van der Waals surface area contributed by atoms with Crippen LogP contribution in [0.15, 0.2) is 18.9 Å². The number of hydrogen-bond acceptors (Lipinski definition) is 5. The Bertz CT molecular complexity index is 473. The van der Waals surface area contributed by atoms with Crippen LogP contribution in [0.25, 0.3) is 0 Å². The zero-order valence-electron chi connectivity index (χ0n) is 11.7. The largest absolute Gasteiger partial charge is 0.393 e. The molecule has 0 saturated carbocycles. The topological polar surface area (TPSA) is 65.5 Å². The zero-order chi connectivity index (χ0) is 14.5. The Kier molecular flexibility index (Phi) is 5.14. The van der Waals surface area contributed by atoms with E-state index in [2.05, 4.69) is 16.9 Å². The molecule has 0 spiro atoms. The summed E-state index contributed by atoms with van der Waals surface area (Å²) in [5, 5.41) is 13.3. The second kappa shape index (κ2) is 6.85. The van der Waals surface area contributed by atoms with Crippen LogP contribution in [0.5, 0.6) is 0 Å². The lowest BCUT2D eigenvalue weighted by atomic mass is 10.1. The number of rotatable bonds is 6. The number of amides is 1. The Morgan fingerprint density at radius 1 is 1.80 bits per heavy atom. The van der Waals surface area contributed by atoms with E-state index in [-0.39, 0.29) is 18.1 Å². The average molecular weight is 295 g/mol. The normalized spacial score (nSPS) is 19.9. The van der Waals surface area contributed by atoms with Gasteiger partial charge in [-0.15, -0.1) is 6.58 Å². The Hall–Kier alpha value is -1.40. The van der Waals surface area contributed by atoms with Crippen LogP contribution in [0, 0.1) is 0 Å². The highest BCUT2D eigenvalue weighted by atomic mass is 32.1. The molecule has 2 unspecified atom stereocenters. The van der Waals surface area contributed by atoms with Crippen LogP contribution in [-0.2, 0) is 0 Å². The van der Waals surface area contributed by atoms with Gasteiger partial charge in [0, 0.05) is 19.1 Å². The van der Waals surface area contributed by atoms with Crippen molar-refractivity contribution in [3.8, 4) is 0 Å². The van der Waals surface area contributed by atoms with Crippen molar-refractivity contribution in [3.05, 3.63) is 23.7 Å². The first-order chi connectivity index (χ1) is 9.61. The lowest BCUT2D eigenvalue weighted by Gasteiger charge is -2.25. The van der Waals surface area contributed by atoms with Crippen molar-refractivity contribution in [2.75, 3.05) is 18.4 Å². The molecule has 2 rings (SSSR count). The molecule has 0 radical (unpaired) electrons. The van der Waals surface area contributed by atoms with Gasteiger partial charge >= 0.3 is 0 Å². The summed E-state index contributed by atoms with van der Waals surface area (Å²) in [5.74, 6) is 0.0253. The number of aromatic nitrogens is 1. The van der Waals surface area contributed by atoms with Crippen LogP contribution < -0.4 is 5.32 Å². The standard InChI is InChI=1S/C14H21N3O2S/c1-3-6-15-14-16-9-12(20-14)13(19)17-7-4-5-11(17)8-10(2)18/h3,9-11,18H,1,4-8H2,2H3,(H,15,16). The first-order valence-electron chi connectivity index (χ1n) is 6.91. The third-order valence-corrected chi connectivity index (χ3v) is 4.31. The van der Waals surface area contributed by atoms with Crippen LogP contribution in [0.2, 0.25) is 0 Å². The third kappa shape index (κ3) is 3.58. The summed E-state index contributed by atoms with van der Waals surface area (Å²) in [7, 11) is 0. The van der Waals surface area contributed by atoms with E-state index in [0.29, 0.717) is 17.8 Å². The van der Waals surface area contributed by atoms with E-state index < -0.39 is 0 Å². The molecule has 1 fully saturated rings. The van der Waals surface area contributed by atoms with Gasteiger partial charge in [-0.3, -0.25) is 4.79 Å². The van der Waals surface area contributed by atoms with Crippen molar-refractivity contribution in [2.24, 2.45) is 0 Å². The first-order valence-corrected chi connectivity index (χ1v) is 7.73. The van der Waals surface area contributed by atoms with Gasteiger partial charge < -0.3 is 15.3 Å². The molecule has 1 aliphatic rings. The molecule has 5 nitrogen and oxygen atoms in total. The van der Waals surface area contributed by atoms with Gasteiger partial charge in [0.05, 0.1) is 12.3 Å². The van der Waals surface area contributed by atoms with Gasteiger partial charge in [0.25, 0.3) is 5.91 Å². The summed E-state index contributed by atoms with van der Waals surface area (Å²) in [5.41, 5.74) is 0. The summed E-state index contributed by atoms with van der Waals surface area (Å²) in [6.07, 6.45) is 5.62. The lowest BCUT2D eigenvalue weighted by Crippen LogP contribution is -2.36. The number of thiazole rings is 1. The molecule has 2 N–H and O–H groups in total. The first kappa shape index (κ1) is 15.0. The summed E-state index contributed by atoms with van der Waals surface area (Å²) in [6.45, 7) is 6.80. The zero-order valence-corrected chi connectivity index (χ0v) is 12.5. The van der Waals surface area contributed by atoms with Crippen molar-refractivity contribution in [1.82, 2.24) is 9.88 Å². The smallest absolute Gasteiger partial charge is 0.265 e. The second-order valence-electron chi connectivity index (χ2n) is 5.08. The number of likely N-dealkylation sites (tertiary alicyclic amines) is 1. The molecule has 110 valence electrons. The van der Waals surface area contributed by atoms with E-state index in [1.54, 1.807) is 19.2 Å². The highest BCUT2D eigenvalue weighted by Crippen LogP contribution is 2.26. The summed E-state index contributed by atoms with van der Waals surface area (Å²) < 4.78 is 0. The monoisotopic (exact) mass is 295 g/mol. The Balaban J connectivity index is 2.02. The van der Waals surface area contributed by atoms with Gasteiger partial charge in [0.15, 0.2) is 5.13 Å². The van der Waals surface area contributed by atoms with Gasteiger partial charge in [-0.1, -0.05) is 17.4 Å². The number of aliphatic hydroxyl groups is 1. The highest BCUT2D eigenvalue weighted by molar-refractivity contribution is 7.17. The molecule has 0 aromatic carbocycles. The van der Waals surface area contributed by atoms with Gasteiger partial charge in [-0.2, -0.15) is 0 Å². The second-order valence-corrected chi connectivity index (χ2v) is 6.11. The van der Waals surface area contributed by atoms with Crippen molar-refractivity contribution in [3.63, 3.8) is 0 Å². The van der Waals surface area contributed by atoms with E-state index >= 15 is 0 Å². The van der Waals surface area contributed by atoms with Crippen LogP contribution in [0.3, 0.4) is 0 Å². The fraction of sp³-hybridized carbons (Fsp3) is 0.571. The van der Waals surface area contributed by atoms with E-state index in [9.17, 15) is 9.90 Å². The van der Waals surface area contributed by atoms with Crippen molar-refractivity contribution < 1.29 is 9.90 Å². The SMILES string of the molecule is C=CCNc1ncc(C(=O)N2CCCC2CC(C)O)s1. The van der Waals surface area contributed by atoms with Crippen molar-refractivity contribution in [1.29, 1.82) is 0 Å². The lowest BCUT2D eigenvalue weighted by molar-refractivity contribution is 0.0686. The average Bonchev–Trinajstić information content (AvgIpc) is 3.04. The predicted octanol–water partition coefficient (Wildman–Crippen LogP) is 2.12. The number of anilines is 1. The van der Waals surface area contributed by atoms with E-state index in [1.807, 2.05) is 4.90 Å². The van der Waals surface area contributed by atoms with Crippen LogP contribution in [0.4, 0.5) is 5.13 Å². The minimum Gasteiger partial charge on any atom is -0.393 e. The van der Waals surface area contributed by atoms with Crippen LogP contribution in [0.1, 0.15) is 35.9 Å². The molecule has 20 heavy (non-hydrogen) atoms. The molecule has 1 aromatic rings. The number of hydrogen-bond donors (Lipinski definition) is 2. The number of nitrogens with one attached hydrogen (secondary N) is 1. The molecule has 2 heterocycles. The summed E-state index contributed by atoms with van der Waals surface area (Å²) >= 11 is 1.36. The van der Waals surface area contributed by atoms with Crippen molar-refractivity contribution in [2.45, 2.75) is 38.3 Å². The van der Waals surface area contributed by atoms with Crippen LogP contribution >= 0.6 is 11.3 Å². The minimum atomic E-state index is -0.375. The quantitative estimate of drug-likeness (QED) is 0.789. The van der Waals surface area contributed by atoms with Gasteiger partial charge in [0.1, 0.15) is 4.88 Å². The maximum absolute atomic E-state index is 12.5. The maximum Gasteiger partial charge on any atom is 0.265 e. The third-order valence-electron chi connectivity index (χ3n) is 3.37. The van der Waals surface area contributed by atoms with Gasteiger partial charge in [-0.05, 0) is 26.2 Å². The minimum absolute atomic E-state index is 0.0253. The number of nitrogens with zero attached hydrogens (tertiary/aromatic N) is 2. The van der Waals surface area contributed by atoms with Gasteiger partial charge in [0.2, 0.25) is 0 Å². The number of aliphatic hydroxyl groups excluding tert-OH is 1. The number of carbonyl (C=O) groups is 1. The molecule has 2 atom stereocenters. The van der Waals surface area contributed by atoms with Crippen molar-refractivity contribution >= 4 is 22.4 Å². The van der Waals surface area contributed by atoms with E-state index in [0.717, 1.165) is 24.5 Å². The molecule has 1 saturated heterocycles. The van der Waals surface area contributed by atoms with E-state index in [4.69, 9.17) is 0 Å². The van der Waals surface area contributed by atoms with Gasteiger partial charge in [-0.25, -0.2) is 4.98 Å². The predicted molar refractivity (Wildman–Crippen MR) is 81.2 cm³/mol. The Morgan fingerprint density at radius 3 is 3.30 bits per heavy atom. The molecule has 0 bridgehead atoms. The maximum atomic E-state index is 12.5.